The number of hydrogen-bond acceptors (Lipinski definition) is 2. The summed E-state index contributed by atoms with van der Waals surface area (Å²) >= 11 is 1.79. The summed E-state index contributed by atoms with van der Waals surface area (Å²) in [7, 11) is 0. The Labute approximate surface area is 81.8 Å². The van der Waals surface area contributed by atoms with Gasteiger partial charge in [0.05, 0.1) is 0 Å². The van der Waals surface area contributed by atoms with E-state index in [1.807, 2.05) is 12.1 Å². The summed E-state index contributed by atoms with van der Waals surface area (Å²) in [5, 5.41) is 2.10. The van der Waals surface area contributed by atoms with Crippen LogP contribution in [-0.4, -0.2) is 0 Å². The molecule has 0 amide bonds. The van der Waals surface area contributed by atoms with Crippen molar-refractivity contribution in [3.63, 3.8) is 0 Å². The molecule has 0 saturated heterocycles. The Balaban J connectivity index is 2.15. The molecule has 0 fully saturated rings. The Morgan fingerprint density at radius 2 is 1.85 bits per heavy atom. The molecule has 0 aliphatic carbocycles. The maximum atomic E-state index is 5.60. The van der Waals surface area contributed by atoms with Gasteiger partial charge in [0.1, 0.15) is 0 Å². The van der Waals surface area contributed by atoms with Crippen LogP contribution in [-0.2, 0) is 6.42 Å². The van der Waals surface area contributed by atoms with Crippen LogP contribution in [0.3, 0.4) is 0 Å². The first-order chi connectivity index (χ1) is 6.34. The van der Waals surface area contributed by atoms with Crippen molar-refractivity contribution in [3.05, 3.63) is 52.2 Å². The van der Waals surface area contributed by atoms with Crippen molar-refractivity contribution in [2.45, 2.75) is 6.42 Å². The van der Waals surface area contributed by atoms with Crippen LogP contribution in [0.25, 0.3) is 0 Å². The molecule has 66 valence electrons. The molecule has 2 aromatic rings. The molecule has 0 atom stereocenters. The third kappa shape index (κ3) is 2.10. The zero-order chi connectivity index (χ0) is 9.10. The second-order valence-corrected chi connectivity index (χ2v) is 4.03. The SMILES string of the molecule is Nc1ccc(Cc2cccs2)cc1. The molecule has 0 spiro atoms. The van der Waals surface area contributed by atoms with E-state index in [1.54, 1.807) is 11.3 Å². The van der Waals surface area contributed by atoms with Crippen molar-refractivity contribution in [1.82, 2.24) is 0 Å². The summed E-state index contributed by atoms with van der Waals surface area (Å²) in [5.74, 6) is 0. The fraction of sp³-hybridized carbons (Fsp3) is 0.0909. The zero-order valence-electron chi connectivity index (χ0n) is 7.23. The maximum absolute atomic E-state index is 5.60. The topological polar surface area (TPSA) is 26.0 Å². The van der Waals surface area contributed by atoms with E-state index in [0.29, 0.717) is 0 Å². The van der Waals surface area contributed by atoms with Crippen molar-refractivity contribution < 1.29 is 0 Å². The van der Waals surface area contributed by atoms with Crippen molar-refractivity contribution in [1.29, 1.82) is 0 Å². The number of hydrogen-bond donors (Lipinski definition) is 1. The van der Waals surface area contributed by atoms with Crippen molar-refractivity contribution >= 4 is 17.0 Å². The zero-order valence-corrected chi connectivity index (χ0v) is 8.05. The van der Waals surface area contributed by atoms with E-state index in [0.717, 1.165) is 12.1 Å². The van der Waals surface area contributed by atoms with Crippen molar-refractivity contribution in [2.24, 2.45) is 0 Å². The first-order valence-electron chi connectivity index (χ1n) is 4.21. The molecule has 0 unspecified atom stereocenters. The number of nitrogens with two attached hydrogens (primary N) is 1. The van der Waals surface area contributed by atoms with E-state index in [-0.39, 0.29) is 0 Å². The highest BCUT2D eigenvalue weighted by Gasteiger charge is 1.95. The molecule has 0 radical (unpaired) electrons. The van der Waals surface area contributed by atoms with Crippen LogP contribution >= 0.6 is 11.3 Å². The molecule has 2 N–H and O–H groups in total. The lowest BCUT2D eigenvalue weighted by Crippen LogP contribution is -1.87. The van der Waals surface area contributed by atoms with Crippen LogP contribution in [0.1, 0.15) is 10.4 Å². The lowest BCUT2D eigenvalue weighted by Gasteiger charge is -1.98. The third-order valence-electron chi connectivity index (χ3n) is 1.94. The van der Waals surface area contributed by atoms with Crippen LogP contribution in [0, 0.1) is 0 Å². The molecule has 2 heteroatoms. The Bertz CT molecular complexity index is 361. The van der Waals surface area contributed by atoms with Crippen LogP contribution < -0.4 is 5.73 Å². The average molecular weight is 189 g/mol. The molecular weight excluding hydrogens is 178 g/mol. The molecule has 0 aliphatic rings. The van der Waals surface area contributed by atoms with Crippen LogP contribution in [0.15, 0.2) is 41.8 Å². The van der Waals surface area contributed by atoms with E-state index in [2.05, 4.69) is 29.6 Å². The predicted octanol–water partition coefficient (Wildman–Crippen LogP) is 2.92. The normalized spacial score (nSPS) is 10.2. The van der Waals surface area contributed by atoms with E-state index in [1.165, 1.54) is 10.4 Å². The highest BCUT2D eigenvalue weighted by Crippen LogP contribution is 2.15. The highest BCUT2D eigenvalue weighted by atomic mass is 32.1. The van der Waals surface area contributed by atoms with Gasteiger partial charge in [0.15, 0.2) is 0 Å². The number of nitrogen functional groups attached to an aromatic ring is 1. The van der Waals surface area contributed by atoms with E-state index in [4.69, 9.17) is 5.73 Å². The van der Waals surface area contributed by atoms with Gasteiger partial charge in [-0.2, -0.15) is 0 Å². The molecule has 1 aromatic heterocycles. The second kappa shape index (κ2) is 3.62. The first kappa shape index (κ1) is 8.32. The minimum Gasteiger partial charge on any atom is -0.399 e. The Morgan fingerprint density at radius 1 is 1.08 bits per heavy atom. The third-order valence-corrected chi connectivity index (χ3v) is 2.81. The monoisotopic (exact) mass is 189 g/mol. The van der Waals surface area contributed by atoms with Gasteiger partial charge in [-0.05, 0) is 29.1 Å². The van der Waals surface area contributed by atoms with Gasteiger partial charge >= 0.3 is 0 Å². The molecule has 2 rings (SSSR count). The largest absolute Gasteiger partial charge is 0.399 e. The first-order valence-corrected chi connectivity index (χ1v) is 5.09. The van der Waals surface area contributed by atoms with Gasteiger partial charge in [0.2, 0.25) is 0 Å². The smallest absolute Gasteiger partial charge is 0.0314 e. The average Bonchev–Trinajstić information content (AvgIpc) is 2.62. The molecular formula is C11H11NS. The van der Waals surface area contributed by atoms with Gasteiger partial charge in [0, 0.05) is 17.0 Å². The van der Waals surface area contributed by atoms with E-state index >= 15 is 0 Å². The van der Waals surface area contributed by atoms with Gasteiger partial charge in [-0.25, -0.2) is 0 Å². The molecule has 1 heterocycles. The Hall–Kier alpha value is -1.28. The minimum atomic E-state index is 0.829. The van der Waals surface area contributed by atoms with Crippen molar-refractivity contribution in [3.8, 4) is 0 Å². The van der Waals surface area contributed by atoms with E-state index in [9.17, 15) is 0 Å². The Kier molecular flexibility index (Phi) is 2.32. The summed E-state index contributed by atoms with van der Waals surface area (Å²) < 4.78 is 0. The number of anilines is 1. The van der Waals surface area contributed by atoms with Crippen LogP contribution in [0.5, 0.6) is 0 Å². The molecule has 13 heavy (non-hydrogen) atoms. The van der Waals surface area contributed by atoms with Crippen LogP contribution in [0.4, 0.5) is 5.69 Å². The van der Waals surface area contributed by atoms with Gasteiger partial charge in [-0.1, -0.05) is 18.2 Å². The van der Waals surface area contributed by atoms with E-state index < -0.39 is 0 Å². The fourth-order valence-electron chi connectivity index (χ4n) is 1.25. The summed E-state index contributed by atoms with van der Waals surface area (Å²) in [6, 6.07) is 12.3. The molecule has 0 aliphatic heterocycles. The van der Waals surface area contributed by atoms with Gasteiger partial charge in [-0.15, -0.1) is 11.3 Å². The van der Waals surface area contributed by atoms with Gasteiger partial charge in [-0.3, -0.25) is 0 Å². The highest BCUT2D eigenvalue weighted by molar-refractivity contribution is 7.09. The summed E-state index contributed by atoms with van der Waals surface area (Å²) in [4.78, 5) is 1.39. The molecule has 1 aromatic carbocycles. The quantitative estimate of drug-likeness (QED) is 0.722. The number of thiophene rings is 1. The fourth-order valence-corrected chi connectivity index (χ4v) is 1.99. The number of benzene rings is 1. The van der Waals surface area contributed by atoms with Gasteiger partial charge in [0.25, 0.3) is 0 Å². The lowest BCUT2D eigenvalue weighted by atomic mass is 10.1. The maximum Gasteiger partial charge on any atom is 0.0314 e. The summed E-state index contributed by atoms with van der Waals surface area (Å²) in [6.07, 6.45) is 1.01. The lowest BCUT2D eigenvalue weighted by molar-refractivity contribution is 1.24. The molecule has 0 bridgehead atoms. The summed E-state index contributed by atoms with van der Waals surface area (Å²) in [5.41, 5.74) is 7.75. The van der Waals surface area contributed by atoms with Gasteiger partial charge < -0.3 is 5.73 Å². The second-order valence-electron chi connectivity index (χ2n) is 3.00. The number of rotatable bonds is 2. The molecule has 1 nitrogen and oxygen atoms in total. The summed E-state index contributed by atoms with van der Waals surface area (Å²) in [6.45, 7) is 0. The molecule has 0 saturated carbocycles. The van der Waals surface area contributed by atoms with Crippen LogP contribution in [0.2, 0.25) is 0 Å². The minimum absolute atomic E-state index is 0.829. The van der Waals surface area contributed by atoms with Crippen molar-refractivity contribution in [2.75, 3.05) is 5.73 Å². The Morgan fingerprint density at radius 3 is 2.46 bits per heavy atom. The standard InChI is InChI=1S/C11H11NS/c12-10-5-3-9(4-6-10)8-11-2-1-7-13-11/h1-7H,8,12H2. The predicted molar refractivity (Wildman–Crippen MR) is 58.0 cm³/mol.